The van der Waals surface area contributed by atoms with Gasteiger partial charge in [-0.15, -0.1) is 0 Å². The van der Waals surface area contributed by atoms with Gasteiger partial charge in [0.25, 0.3) is 0 Å². The van der Waals surface area contributed by atoms with Crippen molar-refractivity contribution >= 4 is 11.6 Å². The molecule has 4 heteroatoms. The van der Waals surface area contributed by atoms with E-state index in [4.69, 9.17) is 16.3 Å². The molecule has 0 spiro atoms. The minimum absolute atomic E-state index is 0.00435. The number of benzene rings is 2. The maximum absolute atomic E-state index is 14.2. The van der Waals surface area contributed by atoms with Crippen LogP contribution in [0, 0.1) is 5.82 Å². The molecule has 0 aromatic heterocycles. The van der Waals surface area contributed by atoms with Gasteiger partial charge in [0.05, 0.1) is 7.11 Å². The highest BCUT2D eigenvalue weighted by atomic mass is 35.5. The van der Waals surface area contributed by atoms with Gasteiger partial charge in [-0.25, -0.2) is 4.39 Å². The zero-order valence-corrected chi connectivity index (χ0v) is 12.2. The number of ether oxygens (including phenoxy) is 1. The predicted molar refractivity (Wildman–Crippen MR) is 79.9 cm³/mol. The Hall–Kier alpha value is -1.58. The average molecular weight is 294 g/mol. The van der Waals surface area contributed by atoms with E-state index in [1.807, 2.05) is 31.3 Å². The molecule has 0 fully saturated rings. The van der Waals surface area contributed by atoms with Gasteiger partial charge >= 0.3 is 0 Å². The number of likely N-dealkylation sites (N-methyl/N-ethyl adjacent to an activating group) is 1. The predicted octanol–water partition coefficient (Wildman–Crippen LogP) is 3.99. The molecule has 0 aliphatic rings. The first-order valence-electron chi connectivity index (χ1n) is 6.39. The van der Waals surface area contributed by atoms with Gasteiger partial charge in [0.1, 0.15) is 0 Å². The van der Waals surface area contributed by atoms with Gasteiger partial charge in [0.2, 0.25) is 0 Å². The largest absolute Gasteiger partial charge is 0.494 e. The minimum Gasteiger partial charge on any atom is -0.494 e. The zero-order valence-electron chi connectivity index (χ0n) is 11.5. The van der Waals surface area contributed by atoms with Crippen molar-refractivity contribution in [1.82, 2.24) is 5.32 Å². The van der Waals surface area contributed by atoms with Gasteiger partial charge in [0.15, 0.2) is 11.6 Å². The molecule has 2 aromatic carbocycles. The molecular weight excluding hydrogens is 277 g/mol. The van der Waals surface area contributed by atoms with Gasteiger partial charge in [-0.2, -0.15) is 0 Å². The van der Waals surface area contributed by atoms with E-state index in [0.29, 0.717) is 17.0 Å². The Morgan fingerprint density at radius 2 is 2.00 bits per heavy atom. The average Bonchev–Trinajstić information content (AvgIpc) is 2.46. The molecule has 2 nitrogen and oxygen atoms in total. The van der Waals surface area contributed by atoms with Crippen LogP contribution in [0.25, 0.3) is 0 Å². The van der Waals surface area contributed by atoms with Crippen molar-refractivity contribution < 1.29 is 9.13 Å². The van der Waals surface area contributed by atoms with Crippen molar-refractivity contribution in [2.45, 2.75) is 12.5 Å². The van der Waals surface area contributed by atoms with Crippen LogP contribution in [0.1, 0.15) is 17.2 Å². The molecular formula is C16H17ClFNO. The van der Waals surface area contributed by atoms with Gasteiger partial charge in [-0.3, -0.25) is 0 Å². The molecule has 0 saturated heterocycles. The number of methoxy groups -OCH3 is 1. The van der Waals surface area contributed by atoms with Gasteiger partial charge in [0, 0.05) is 11.1 Å². The molecule has 0 heterocycles. The lowest BCUT2D eigenvalue weighted by Gasteiger charge is -2.18. The number of rotatable bonds is 5. The molecule has 106 valence electrons. The molecule has 0 amide bonds. The SMILES string of the molecule is CNC(Cc1cccc(OC)c1F)c1cccc(Cl)c1. The van der Waals surface area contributed by atoms with Gasteiger partial charge in [-0.1, -0.05) is 35.9 Å². The van der Waals surface area contributed by atoms with Gasteiger partial charge in [-0.05, 0) is 42.8 Å². The lowest BCUT2D eigenvalue weighted by Crippen LogP contribution is -2.19. The summed E-state index contributed by atoms with van der Waals surface area (Å²) in [4.78, 5) is 0. The monoisotopic (exact) mass is 293 g/mol. The molecule has 0 bridgehead atoms. The number of hydrogen-bond acceptors (Lipinski definition) is 2. The summed E-state index contributed by atoms with van der Waals surface area (Å²) in [6.07, 6.45) is 0.528. The fraction of sp³-hybridized carbons (Fsp3) is 0.250. The molecule has 20 heavy (non-hydrogen) atoms. The van der Waals surface area contributed by atoms with Crippen LogP contribution < -0.4 is 10.1 Å². The maximum Gasteiger partial charge on any atom is 0.168 e. The number of nitrogens with one attached hydrogen (secondary N) is 1. The zero-order chi connectivity index (χ0) is 14.5. The van der Waals surface area contributed by atoms with E-state index in [9.17, 15) is 4.39 Å². The quantitative estimate of drug-likeness (QED) is 0.900. The smallest absolute Gasteiger partial charge is 0.168 e. The Kier molecular flexibility index (Phi) is 4.99. The molecule has 0 aliphatic heterocycles. The molecule has 1 unspecified atom stereocenters. The molecule has 0 saturated carbocycles. The van der Waals surface area contributed by atoms with Crippen LogP contribution in [0.15, 0.2) is 42.5 Å². The summed E-state index contributed by atoms with van der Waals surface area (Å²) in [5.74, 6) is -0.0410. The van der Waals surface area contributed by atoms with E-state index >= 15 is 0 Å². The Balaban J connectivity index is 2.27. The molecule has 1 N–H and O–H groups in total. The maximum atomic E-state index is 14.2. The summed E-state index contributed by atoms with van der Waals surface area (Å²) >= 11 is 6.01. The van der Waals surface area contributed by atoms with Crippen LogP contribution in [0.4, 0.5) is 4.39 Å². The third-order valence-electron chi connectivity index (χ3n) is 3.29. The highest BCUT2D eigenvalue weighted by Crippen LogP contribution is 2.26. The summed E-state index contributed by atoms with van der Waals surface area (Å²) < 4.78 is 19.2. The lowest BCUT2D eigenvalue weighted by molar-refractivity contribution is 0.383. The summed E-state index contributed by atoms with van der Waals surface area (Å²) in [5.41, 5.74) is 1.64. The van der Waals surface area contributed by atoms with Crippen LogP contribution in [0.5, 0.6) is 5.75 Å². The fourth-order valence-electron chi connectivity index (χ4n) is 2.20. The normalized spacial score (nSPS) is 12.2. The third kappa shape index (κ3) is 3.30. The van der Waals surface area contributed by atoms with E-state index in [2.05, 4.69) is 5.32 Å². The van der Waals surface area contributed by atoms with E-state index in [-0.39, 0.29) is 17.6 Å². The van der Waals surface area contributed by atoms with Crippen LogP contribution in [-0.2, 0) is 6.42 Å². The summed E-state index contributed by atoms with van der Waals surface area (Å²) in [6, 6.07) is 12.8. The van der Waals surface area contributed by atoms with E-state index in [1.165, 1.54) is 7.11 Å². The molecule has 2 aromatic rings. The Morgan fingerprint density at radius 1 is 1.25 bits per heavy atom. The van der Waals surface area contributed by atoms with E-state index < -0.39 is 0 Å². The van der Waals surface area contributed by atoms with Crippen LogP contribution in [0.3, 0.4) is 0 Å². The van der Waals surface area contributed by atoms with Crippen LogP contribution >= 0.6 is 11.6 Å². The van der Waals surface area contributed by atoms with Crippen molar-refractivity contribution in [3.63, 3.8) is 0 Å². The highest BCUT2D eigenvalue weighted by Gasteiger charge is 2.15. The first kappa shape index (κ1) is 14.8. The van der Waals surface area contributed by atoms with Gasteiger partial charge < -0.3 is 10.1 Å². The molecule has 0 radical (unpaired) electrons. The minimum atomic E-state index is -0.308. The van der Waals surface area contributed by atoms with Crippen molar-refractivity contribution in [1.29, 1.82) is 0 Å². The van der Waals surface area contributed by atoms with Crippen LogP contribution in [-0.4, -0.2) is 14.2 Å². The van der Waals surface area contributed by atoms with E-state index in [1.54, 1.807) is 18.2 Å². The summed E-state index contributed by atoms with van der Waals surface area (Å²) in [7, 11) is 3.32. The fourth-order valence-corrected chi connectivity index (χ4v) is 2.40. The van der Waals surface area contributed by atoms with Crippen LogP contribution in [0.2, 0.25) is 5.02 Å². The topological polar surface area (TPSA) is 21.3 Å². The second kappa shape index (κ2) is 6.73. The second-order valence-electron chi connectivity index (χ2n) is 4.53. The number of halogens is 2. The Labute approximate surface area is 123 Å². The van der Waals surface area contributed by atoms with Crippen molar-refractivity contribution in [2.75, 3.05) is 14.2 Å². The second-order valence-corrected chi connectivity index (χ2v) is 4.97. The van der Waals surface area contributed by atoms with Crippen molar-refractivity contribution in [3.8, 4) is 5.75 Å². The Bertz CT molecular complexity index is 588. The van der Waals surface area contributed by atoms with E-state index in [0.717, 1.165) is 5.56 Å². The third-order valence-corrected chi connectivity index (χ3v) is 3.52. The first-order chi connectivity index (χ1) is 9.65. The molecule has 0 aliphatic carbocycles. The number of hydrogen-bond donors (Lipinski definition) is 1. The standard InChI is InChI=1S/C16H17ClFNO/c1-19-14(11-5-3-7-13(17)9-11)10-12-6-4-8-15(20-2)16(12)18/h3-9,14,19H,10H2,1-2H3. The Morgan fingerprint density at radius 3 is 2.65 bits per heavy atom. The van der Waals surface area contributed by atoms with Crippen molar-refractivity contribution in [3.05, 3.63) is 64.4 Å². The summed E-state index contributed by atoms with van der Waals surface area (Å²) in [6.45, 7) is 0. The highest BCUT2D eigenvalue weighted by molar-refractivity contribution is 6.30. The van der Waals surface area contributed by atoms with Crippen molar-refractivity contribution in [2.24, 2.45) is 0 Å². The molecule has 1 atom stereocenters. The first-order valence-corrected chi connectivity index (χ1v) is 6.77. The summed E-state index contributed by atoms with van der Waals surface area (Å²) in [5, 5.41) is 3.87. The lowest BCUT2D eigenvalue weighted by atomic mass is 9.98. The molecule has 2 rings (SSSR count).